The molecule has 2 aliphatic carbocycles. The average Bonchev–Trinajstić information content (AvgIpc) is 2.63. The fourth-order valence-corrected chi connectivity index (χ4v) is 1.14. The first-order valence-corrected chi connectivity index (χ1v) is 3.13. The van der Waals surface area contributed by atoms with Crippen molar-refractivity contribution in [3.63, 3.8) is 0 Å². The molecular weight excluding hydrogens is 128 g/mol. The van der Waals surface area contributed by atoms with Crippen molar-refractivity contribution in [1.82, 2.24) is 0 Å². The van der Waals surface area contributed by atoms with Crippen LogP contribution < -0.4 is 9.47 Å². The van der Waals surface area contributed by atoms with Crippen LogP contribution in [0.4, 0.5) is 0 Å². The molecule has 0 heterocycles. The number of benzene rings is 1. The molecule has 0 aromatic rings. The van der Waals surface area contributed by atoms with E-state index in [4.69, 9.17) is 9.47 Å². The van der Waals surface area contributed by atoms with Crippen molar-refractivity contribution in [3.8, 4) is 22.6 Å². The maximum Gasteiger partial charge on any atom is 0.168 e. The van der Waals surface area contributed by atoms with E-state index < -0.39 is 0 Å². The van der Waals surface area contributed by atoms with E-state index in [1.165, 1.54) is 11.1 Å². The Morgan fingerprint density at radius 3 is 2.40 bits per heavy atom. The number of ether oxygens (including phenoxy) is 2. The number of methoxy groups -OCH3 is 2. The number of hydrogen-bond donors (Lipinski definition) is 0. The molecule has 0 radical (unpaired) electrons. The Hall–Kier alpha value is -1.18. The molecular formula is C8H8O2. The summed E-state index contributed by atoms with van der Waals surface area (Å²) in [5, 5.41) is 0. The summed E-state index contributed by atoms with van der Waals surface area (Å²) in [6, 6.07) is 4.05. The van der Waals surface area contributed by atoms with Crippen LogP contribution >= 0.6 is 0 Å². The molecule has 0 N–H and O–H groups in total. The van der Waals surface area contributed by atoms with E-state index in [9.17, 15) is 0 Å². The van der Waals surface area contributed by atoms with Gasteiger partial charge in [-0.3, -0.25) is 0 Å². The fraction of sp³-hybridized carbons (Fsp3) is 0.250. The van der Waals surface area contributed by atoms with E-state index in [2.05, 4.69) is 6.07 Å². The van der Waals surface area contributed by atoms with E-state index in [1.54, 1.807) is 14.2 Å². The zero-order valence-corrected chi connectivity index (χ0v) is 5.97. The van der Waals surface area contributed by atoms with Gasteiger partial charge in [0.15, 0.2) is 11.5 Å². The molecule has 0 aliphatic heterocycles. The summed E-state index contributed by atoms with van der Waals surface area (Å²) in [6.45, 7) is 0. The third-order valence-corrected chi connectivity index (χ3v) is 1.71. The predicted octanol–water partition coefficient (Wildman–Crippen LogP) is 1.68. The van der Waals surface area contributed by atoms with Crippen molar-refractivity contribution < 1.29 is 9.47 Å². The van der Waals surface area contributed by atoms with Crippen LogP contribution in [0.2, 0.25) is 0 Å². The normalized spacial score (nSPS) is 11.0. The molecule has 0 bridgehead atoms. The van der Waals surface area contributed by atoms with Gasteiger partial charge in [-0.1, -0.05) is 0 Å². The highest BCUT2D eigenvalue weighted by atomic mass is 16.5. The predicted molar refractivity (Wildman–Crippen MR) is 38.5 cm³/mol. The van der Waals surface area contributed by atoms with Crippen LogP contribution in [-0.4, -0.2) is 14.2 Å². The van der Waals surface area contributed by atoms with Crippen LogP contribution in [0, 0.1) is 0 Å². The van der Waals surface area contributed by atoms with E-state index >= 15 is 0 Å². The van der Waals surface area contributed by atoms with Crippen LogP contribution in [0.3, 0.4) is 0 Å². The second kappa shape index (κ2) is 1.66. The Morgan fingerprint density at radius 1 is 1.10 bits per heavy atom. The smallest absolute Gasteiger partial charge is 0.168 e. The lowest BCUT2D eigenvalue weighted by atomic mass is 10.5. The van der Waals surface area contributed by atoms with Crippen LogP contribution in [-0.2, 0) is 0 Å². The molecule has 0 amide bonds. The zero-order valence-electron chi connectivity index (χ0n) is 5.97. The van der Waals surface area contributed by atoms with Gasteiger partial charge in [-0.2, -0.15) is 0 Å². The largest absolute Gasteiger partial charge is 0.493 e. The first-order chi connectivity index (χ1) is 4.86. The van der Waals surface area contributed by atoms with Crippen molar-refractivity contribution in [2.24, 2.45) is 0 Å². The third kappa shape index (κ3) is 0.533. The topological polar surface area (TPSA) is 18.5 Å². The monoisotopic (exact) mass is 136 g/mol. The molecule has 0 saturated heterocycles. The molecule has 2 heteroatoms. The molecule has 2 nitrogen and oxygen atoms in total. The zero-order chi connectivity index (χ0) is 7.14. The second-order valence-electron chi connectivity index (χ2n) is 2.26. The number of hydrogen-bond acceptors (Lipinski definition) is 2. The maximum absolute atomic E-state index is 5.10. The molecule has 0 aromatic heterocycles. The minimum absolute atomic E-state index is 0.843. The summed E-state index contributed by atoms with van der Waals surface area (Å²) in [4.78, 5) is 0. The maximum atomic E-state index is 5.10. The summed E-state index contributed by atoms with van der Waals surface area (Å²) in [6.07, 6.45) is 0. The first-order valence-electron chi connectivity index (χ1n) is 3.13. The summed E-state index contributed by atoms with van der Waals surface area (Å²) in [7, 11) is 3.31. The quantitative estimate of drug-likeness (QED) is 0.625. The van der Waals surface area contributed by atoms with Crippen molar-refractivity contribution in [1.29, 1.82) is 0 Å². The molecule has 0 unspecified atom stereocenters. The van der Waals surface area contributed by atoms with Gasteiger partial charge in [0, 0.05) is 5.56 Å². The lowest BCUT2D eigenvalue weighted by molar-refractivity contribution is 0.359. The summed E-state index contributed by atoms with van der Waals surface area (Å²) in [5.74, 6) is 1.72. The second-order valence-corrected chi connectivity index (χ2v) is 2.26. The van der Waals surface area contributed by atoms with Gasteiger partial charge in [0.1, 0.15) is 0 Å². The van der Waals surface area contributed by atoms with E-state index in [-0.39, 0.29) is 0 Å². The van der Waals surface area contributed by atoms with Gasteiger partial charge in [0.05, 0.1) is 14.2 Å². The van der Waals surface area contributed by atoms with Crippen molar-refractivity contribution in [2.75, 3.05) is 14.2 Å². The minimum Gasteiger partial charge on any atom is -0.493 e. The van der Waals surface area contributed by atoms with Crippen LogP contribution in [0.25, 0.3) is 11.1 Å². The summed E-state index contributed by atoms with van der Waals surface area (Å²) < 4.78 is 10.2. The standard InChI is InChI=1S/C8H8O2/c1-9-7-4-5-3-6(5)8(7)10-2/h3-4H,1-2H3. The third-order valence-electron chi connectivity index (χ3n) is 1.71. The highest BCUT2D eigenvalue weighted by Gasteiger charge is 2.23. The van der Waals surface area contributed by atoms with Gasteiger partial charge in [-0.05, 0) is 17.7 Å². The lowest BCUT2D eigenvalue weighted by Crippen LogP contribution is -1.85. The fourth-order valence-electron chi connectivity index (χ4n) is 1.14. The highest BCUT2D eigenvalue weighted by molar-refractivity contribution is 5.91. The van der Waals surface area contributed by atoms with Crippen molar-refractivity contribution in [2.45, 2.75) is 0 Å². The van der Waals surface area contributed by atoms with Gasteiger partial charge >= 0.3 is 0 Å². The Morgan fingerprint density at radius 2 is 1.90 bits per heavy atom. The van der Waals surface area contributed by atoms with Gasteiger partial charge in [-0.15, -0.1) is 0 Å². The van der Waals surface area contributed by atoms with E-state index in [1.807, 2.05) is 6.07 Å². The van der Waals surface area contributed by atoms with E-state index in [0.29, 0.717) is 0 Å². The Bertz CT molecular complexity index is 279. The SMILES string of the molecule is COc1cc2cc-2c1OC. The molecule has 0 aromatic carbocycles. The molecule has 0 atom stereocenters. The first kappa shape index (κ1) is 5.59. The molecule has 2 rings (SSSR count). The molecule has 0 spiro atoms. The lowest BCUT2D eigenvalue weighted by Gasteiger charge is -2.00. The number of fused-ring (bicyclic) bond motifs is 1. The van der Waals surface area contributed by atoms with Crippen molar-refractivity contribution >= 4 is 0 Å². The van der Waals surface area contributed by atoms with E-state index in [0.717, 1.165) is 11.5 Å². The molecule has 10 heavy (non-hydrogen) atoms. The Labute approximate surface area is 59.4 Å². The molecule has 2 aliphatic rings. The molecule has 52 valence electrons. The highest BCUT2D eigenvalue weighted by Crippen LogP contribution is 2.50. The Balaban J connectivity index is 2.44. The van der Waals surface area contributed by atoms with Crippen LogP contribution in [0.1, 0.15) is 0 Å². The average molecular weight is 136 g/mol. The summed E-state index contributed by atoms with van der Waals surface area (Å²) in [5.41, 5.74) is 2.44. The van der Waals surface area contributed by atoms with Gasteiger partial charge in [0.2, 0.25) is 0 Å². The minimum atomic E-state index is 0.843. The molecule has 0 fully saturated rings. The van der Waals surface area contributed by atoms with Crippen LogP contribution in [0.15, 0.2) is 12.1 Å². The van der Waals surface area contributed by atoms with Gasteiger partial charge in [-0.25, -0.2) is 0 Å². The van der Waals surface area contributed by atoms with Gasteiger partial charge in [0.25, 0.3) is 0 Å². The van der Waals surface area contributed by atoms with Gasteiger partial charge < -0.3 is 9.47 Å². The Kier molecular flexibility index (Phi) is 0.926. The summed E-state index contributed by atoms with van der Waals surface area (Å²) >= 11 is 0. The van der Waals surface area contributed by atoms with Crippen LogP contribution in [0.5, 0.6) is 11.5 Å². The molecule has 0 saturated carbocycles. The van der Waals surface area contributed by atoms with Crippen molar-refractivity contribution in [3.05, 3.63) is 12.1 Å². The number of rotatable bonds is 2.